The van der Waals surface area contributed by atoms with Gasteiger partial charge in [-0.3, -0.25) is 4.79 Å². The number of nitrogens with zero attached hydrogens (tertiary/aromatic N) is 1. The number of carbonyl (C=O) groups is 1. The van der Waals surface area contributed by atoms with E-state index in [1.54, 1.807) is 24.3 Å². The van der Waals surface area contributed by atoms with Crippen LogP contribution in [0.25, 0.3) is 0 Å². The largest absolute Gasteiger partial charge is 0.495 e. The lowest BCUT2D eigenvalue weighted by Gasteiger charge is -2.24. The van der Waals surface area contributed by atoms with Gasteiger partial charge in [0.05, 0.1) is 29.8 Å². The minimum absolute atomic E-state index is 0.167. The molecule has 1 aliphatic heterocycles. The van der Waals surface area contributed by atoms with E-state index in [1.807, 2.05) is 0 Å². The molecule has 1 atom stereocenters. The zero-order valence-corrected chi connectivity index (χ0v) is 17.1. The maximum atomic E-state index is 13.0. The molecule has 2 aromatic carbocycles. The summed E-state index contributed by atoms with van der Waals surface area (Å²) in [5.74, 6) is 0.298. The van der Waals surface area contributed by atoms with Gasteiger partial charge in [0.25, 0.3) is 0 Å². The molecular formula is C19H21ClN2O5S. The highest BCUT2D eigenvalue weighted by Crippen LogP contribution is 2.36. The van der Waals surface area contributed by atoms with E-state index < -0.39 is 22.0 Å². The van der Waals surface area contributed by atoms with E-state index in [0.29, 0.717) is 35.1 Å². The lowest BCUT2D eigenvalue weighted by molar-refractivity contribution is -0.119. The highest BCUT2D eigenvalue weighted by Gasteiger charge is 2.39. The number of methoxy groups -OCH3 is 2. The molecule has 1 amide bonds. The zero-order chi connectivity index (χ0) is 20.3. The first-order valence-electron chi connectivity index (χ1n) is 8.67. The highest BCUT2D eigenvalue weighted by atomic mass is 35.5. The molecule has 1 aliphatic rings. The third-order valence-corrected chi connectivity index (χ3v) is 6.81. The Morgan fingerprint density at radius 3 is 2.46 bits per heavy atom. The number of anilines is 1. The van der Waals surface area contributed by atoms with Gasteiger partial charge in [-0.2, -0.15) is 4.31 Å². The summed E-state index contributed by atoms with van der Waals surface area (Å²) in [4.78, 5) is 13.1. The molecule has 1 N–H and O–H groups in total. The van der Waals surface area contributed by atoms with Crippen molar-refractivity contribution in [2.75, 3.05) is 26.1 Å². The summed E-state index contributed by atoms with van der Waals surface area (Å²) >= 11 is 6.09. The molecule has 0 spiro atoms. The van der Waals surface area contributed by atoms with E-state index in [9.17, 15) is 13.2 Å². The fraction of sp³-hybridized carbons (Fsp3) is 0.316. The number of hydrogen-bond donors (Lipinski definition) is 1. The molecule has 1 saturated heterocycles. The Labute approximate surface area is 169 Å². The molecule has 0 bridgehead atoms. The Morgan fingerprint density at radius 2 is 1.82 bits per heavy atom. The second-order valence-corrected chi connectivity index (χ2v) is 8.56. The van der Waals surface area contributed by atoms with Crippen LogP contribution in [0.2, 0.25) is 5.02 Å². The quantitative estimate of drug-likeness (QED) is 0.769. The summed E-state index contributed by atoms with van der Waals surface area (Å²) in [7, 11) is -0.848. The Morgan fingerprint density at radius 1 is 1.14 bits per heavy atom. The average Bonchev–Trinajstić information content (AvgIpc) is 3.20. The zero-order valence-electron chi connectivity index (χ0n) is 15.5. The topological polar surface area (TPSA) is 84.9 Å². The normalized spacial score (nSPS) is 17.3. The Kier molecular flexibility index (Phi) is 6.12. The molecule has 0 aliphatic carbocycles. The van der Waals surface area contributed by atoms with Gasteiger partial charge in [0.15, 0.2) is 0 Å². The van der Waals surface area contributed by atoms with Crippen molar-refractivity contribution in [2.45, 2.75) is 23.8 Å². The van der Waals surface area contributed by atoms with Crippen molar-refractivity contribution in [1.29, 1.82) is 0 Å². The third-order valence-electron chi connectivity index (χ3n) is 4.59. The van der Waals surface area contributed by atoms with Crippen molar-refractivity contribution in [3.63, 3.8) is 0 Å². The van der Waals surface area contributed by atoms with Crippen LogP contribution >= 0.6 is 11.6 Å². The summed E-state index contributed by atoms with van der Waals surface area (Å²) in [5.41, 5.74) is 0.359. The first-order chi connectivity index (χ1) is 13.4. The average molecular weight is 425 g/mol. The lowest BCUT2D eigenvalue weighted by atomic mass is 10.2. The number of carbonyl (C=O) groups excluding carboxylic acids is 1. The highest BCUT2D eigenvalue weighted by molar-refractivity contribution is 7.89. The summed E-state index contributed by atoms with van der Waals surface area (Å²) in [6.45, 7) is 0.288. The first kappa shape index (κ1) is 20.4. The molecule has 1 unspecified atom stereocenters. The van der Waals surface area contributed by atoms with Crippen LogP contribution in [0.5, 0.6) is 11.5 Å². The predicted octanol–water partition coefficient (Wildman–Crippen LogP) is 3.15. The molecule has 1 fully saturated rings. The Bertz CT molecular complexity index is 966. The molecular weight excluding hydrogens is 404 g/mol. The van der Waals surface area contributed by atoms with Gasteiger partial charge in [-0.1, -0.05) is 29.8 Å². The Hall–Kier alpha value is -2.29. The van der Waals surface area contributed by atoms with E-state index in [0.717, 1.165) is 0 Å². The number of halogens is 1. The van der Waals surface area contributed by atoms with E-state index in [2.05, 4.69) is 5.32 Å². The molecule has 9 heteroatoms. The van der Waals surface area contributed by atoms with Gasteiger partial charge in [0.2, 0.25) is 15.9 Å². The van der Waals surface area contributed by atoms with Crippen LogP contribution in [0.3, 0.4) is 0 Å². The molecule has 28 heavy (non-hydrogen) atoms. The monoisotopic (exact) mass is 424 g/mol. The van der Waals surface area contributed by atoms with Crippen LogP contribution in [0.4, 0.5) is 5.69 Å². The minimum atomic E-state index is -3.76. The number of sulfonamides is 1. The second-order valence-electron chi connectivity index (χ2n) is 6.26. The third kappa shape index (κ3) is 3.94. The van der Waals surface area contributed by atoms with Crippen LogP contribution in [0.1, 0.15) is 12.8 Å². The van der Waals surface area contributed by atoms with Crippen molar-refractivity contribution in [1.82, 2.24) is 4.31 Å². The maximum absolute atomic E-state index is 13.0. The van der Waals surface area contributed by atoms with Gasteiger partial charge in [-0.25, -0.2) is 8.42 Å². The second kappa shape index (κ2) is 8.38. The summed E-state index contributed by atoms with van der Waals surface area (Å²) in [5, 5.41) is 3.09. The van der Waals surface area contributed by atoms with Gasteiger partial charge in [-0.15, -0.1) is 0 Å². The molecule has 1 heterocycles. The van der Waals surface area contributed by atoms with Crippen LogP contribution in [-0.2, 0) is 14.8 Å². The van der Waals surface area contributed by atoms with Crippen molar-refractivity contribution < 1.29 is 22.7 Å². The standard InChI is InChI=1S/C19H21ClN2O5S/c1-26-17-12-15(18(27-2)11-14(17)20)21-19(23)16-9-6-10-22(16)28(24,25)13-7-4-3-5-8-13/h3-5,7-8,11-12,16H,6,9-10H2,1-2H3,(H,21,23). The van der Waals surface area contributed by atoms with Gasteiger partial charge >= 0.3 is 0 Å². The number of rotatable bonds is 6. The smallest absolute Gasteiger partial charge is 0.243 e. The number of amides is 1. The number of hydrogen-bond acceptors (Lipinski definition) is 5. The molecule has 0 saturated carbocycles. The summed E-state index contributed by atoms with van der Waals surface area (Å²) in [6, 6.07) is 10.4. The fourth-order valence-corrected chi connectivity index (χ4v) is 5.10. The SMILES string of the molecule is COc1cc(NC(=O)C2CCCN2S(=O)(=O)c2ccccc2)c(OC)cc1Cl. The fourth-order valence-electron chi connectivity index (χ4n) is 3.19. The van der Waals surface area contributed by atoms with E-state index in [1.165, 1.54) is 36.7 Å². The van der Waals surface area contributed by atoms with E-state index in [-0.39, 0.29) is 11.4 Å². The van der Waals surface area contributed by atoms with Gasteiger partial charge in [0, 0.05) is 18.7 Å². The van der Waals surface area contributed by atoms with Crippen LogP contribution in [0.15, 0.2) is 47.4 Å². The van der Waals surface area contributed by atoms with Crippen LogP contribution < -0.4 is 14.8 Å². The number of nitrogens with one attached hydrogen (secondary N) is 1. The molecule has 0 aromatic heterocycles. The van der Waals surface area contributed by atoms with Crippen molar-refractivity contribution in [2.24, 2.45) is 0 Å². The molecule has 0 radical (unpaired) electrons. The maximum Gasteiger partial charge on any atom is 0.243 e. The van der Waals surface area contributed by atoms with Crippen molar-refractivity contribution in [3.8, 4) is 11.5 Å². The van der Waals surface area contributed by atoms with E-state index >= 15 is 0 Å². The van der Waals surface area contributed by atoms with Gasteiger partial charge in [-0.05, 0) is 25.0 Å². The van der Waals surface area contributed by atoms with Crippen molar-refractivity contribution in [3.05, 3.63) is 47.5 Å². The molecule has 2 aromatic rings. The number of ether oxygens (including phenoxy) is 2. The summed E-state index contributed by atoms with van der Waals surface area (Å²) < 4.78 is 37.6. The van der Waals surface area contributed by atoms with E-state index in [4.69, 9.17) is 21.1 Å². The Balaban J connectivity index is 1.87. The van der Waals surface area contributed by atoms with Crippen molar-refractivity contribution >= 4 is 33.2 Å². The summed E-state index contributed by atoms with van der Waals surface area (Å²) in [6.07, 6.45) is 1.04. The van der Waals surface area contributed by atoms with Crippen LogP contribution in [0, 0.1) is 0 Å². The van der Waals surface area contributed by atoms with Gasteiger partial charge < -0.3 is 14.8 Å². The molecule has 150 valence electrons. The lowest BCUT2D eigenvalue weighted by Crippen LogP contribution is -2.43. The first-order valence-corrected chi connectivity index (χ1v) is 10.5. The predicted molar refractivity (Wildman–Crippen MR) is 107 cm³/mol. The molecule has 7 nitrogen and oxygen atoms in total. The minimum Gasteiger partial charge on any atom is -0.495 e. The van der Waals surface area contributed by atoms with Gasteiger partial charge in [0.1, 0.15) is 17.5 Å². The van der Waals surface area contributed by atoms with Crippen LogP contribution in [-0.4, -0.2) is 45.4 Å². The number of benzene rings is 2. The molecule has 3 rings (SSSR count).